The van der Waals surface area contributed by atoms with Crippen LogP contribution < -0.4 is 4.72 Å². The molecule has 22 heavy (non-hydrogen) atoms. The molecule has 120 valence electrons. The number of aromatic carboxylic acids is 1. The first kappa shape index (κ1) is 16.6. The van der Waals surface area contributed by atoms with E-state index >= 15 is 0 Å². The first-order valence-electron chi connectivity index (χ1n) is 6.46. The highest BCUT2D eigenvalue weighted by Gasteiger charge is 2.21. The van der Waals surface area contributed by atoms with Crippen LogP contribution >= 0.6 is 11.3 Å². The third-order valence-electron chi connectivity index (χ3n) is 2.88. The molecule has 2 rings (SSSR count). The number of carboxylic acids is 1. The Morgan fingerprint density at radius 2 is 2.27 bits per heavy atom. The van der Waals surface area contributed by atoms with Gasteiger partial charge >= 0.3 is 5.97 Å². The predicted molar refractivity (Wildman–Crippen MR) is 81.4 cm³/mol. The number of aromatic nitrogens is 3. The average molecular weight is 344 g/mol. The predicted octanol–water partition coefficient (Wildman–Crippen LogP) is 1.03. The van der Waals surface area contributed by atoms with Crippen molar-refractivity contribution in [2.24, 2.45) is 0 Å². The minimum Gasteiger partial charge on any atom is -0.477 e. The van der Waals surface area contributed by atoms with E-state index in [0.717, 1.165) is 11.3 Å². The molecular formula is C12H16N4O4S2. The minimum atomic E-state index is -3.52. The smallest absolute Gasteiger partial charge is 0.347 e. The topological polar surface area (TPSA) is 114 Å². The number of carboxylic acid groups (broad SMARTS) is 1. The van der Waals surface area contributed by atoms with Gasteiger partial charge in [-0.3, -0.25) is 4.68 Å². The maximum absolute atomic E-state index is 12.0. The lowest BCUT2D eigenvalue weighted by molar-refractivity contribution is 0.0701. The Morgan fingerprint density at radius 3 is 2.82 bits per heavy atom. The summed E-state index contributed by atoms with van der Waals surface area (Å²) >= 11 is 0.977. The van der Waals surface area contributed by atoms with Gasteiger partial charge in [0, 0.05) is 12.4 Å². The molecule has 8 nitrogen and oxygen atoms in total. The summed E-state index contributed by atoms with van der Waals surface area (Å²) in [6.07, 6.45) is 3.26. The van der Waals surface area contributed by atoms with E-state index in [4.69, 9.17) is 5.11 Å². The molecule has 2 N–H and O–H groups in total. The van der Waals surface area contributed by atoms with Gasteiger partial charge in [0.2, 0.25) is 10.0 Å². The fraction of sp³-hybridized carbons (Fsp3) is 0.417. The van der Waals surface area contributed by atoms with E-state index in [1.165, 1.54) is 4.68 Å². The number of nitrogens with zero attached hydrogens (tertiary/aromatic N) is 3. The third-order valence-corrected chi connectivity index (χ3v) is 5.64. The Hall–Kier alpha value is -1.78. The van der Waals surface area contributed by atoms with Gasteiger partial charge in [-0.05, 0) is 19.9 Å². The monoisotopic (exact) mass is 344 g/mol. The molecule has 2 aromatic heterocycles. The van der Waals surface area contributed by atoms with Gasteiger partial charge in [0.1, 0.15) is 9.88 Å². The van der Waals surface area contributed by atoms with Gasteiger partial charge in [0.15, 0.2) is 0 Å². The van der Waals surface area contributed by atoms with Crippen LogP contribution in [0.2, 0.25) is 0 Å². The normalized spacial score (nSPS) is 13.2. The zero-order valence-corrected chi connectivity index (χ0v) is 13.7. The Morgan fingerprint density at radius 1 is 1.55 bits per heavy atom. The number of rotatable bonds is 7. The quantitative estimate of drug-likeness (QED) is 0.775. The molecule has 0 radical (unpaired) electrons. The lowest BCUT2D eigenvalue weighted by Crippen LogP contribution is -2.30. The molecule has 0 saturated carbocycles. The van der Waals surface area contributed by atoms with Crippen molar-refractivity contribution in [2.75, 3.05) is 5.75 Å². The summed E-state index contributed by atoms with van der Waals surface area (Å²) in [6, 6.07) is 1.13. The molecule has 2 heterocycles. The highest BCUT2D eigenvalue weighted by atomic mass is 32.2. The largest absolute Gasteiger partial charge is 0.477 e. The number of carbonyl (C=O) groups is 1. The van der Waals surface area contributed by atoms with Gasteiger partial charge in [-0.2, -0.15) is 5.10 Å². The van der Waals surface area contributed by atoms with Crippen LogP contribution in [-0.2, 0) is 16.6 Å². The molecule has 1 atom stereocenters. The van der Waals surface area contributed by atoms with Crippen LogP contribution in [0.25, 0.3) is 0 Å². The van der Waals surface area contributed by atoms with Crippen molar-refractivity contribution in [1.29, 1.82) is 0 Å². The van der Waals surface area contributed by atoms with Crippen LogP contribution in [0.15, 0.2) is 18.5 Å². The van der Waals surface area contributed by atoms with Crippen LogP contribution in [0.1, 0.15) is 33.3 Å². The van der Waals surface area contributed by atoms with E-state index in [1.807, 2.05) is 0 Å². The van der Waals surface area contributed by atoms with E-state index in [9.17, 15) is 13.2 Å². The van der Waals surface area contributed by atoms with Gasteiger partial charge in [-0.1, -0.05) is 0 Å². The molecule has 0 amide bonds. The highest BCUT2D eigenvalue weighted by molar-refractivity contribution is 7.89. The summed E-state index contributed by atoms with van der Waals surface area (Å²) in [5.74, 6) is -1.18. The maximum atomic E-state index is 12.0. The van der Waals surface area contributed by atoms with Crippen LogP contribution in [0, 0.1) is 6.92 Å². The van der Waals surface area contributed by atoms with Crippen molar-refractivity contribution in [3.63, 3.8) is 0 Å². The second-order valence-electron chi connectivity index (χ2n) is 4.70. The van der Waals surface area contributed by atoms with Crippen molar-refractivity contribution < 1.29 is 18.3 Å². The molecule has 0 aliphatic heterocycles. The molecule has 0 aliphatic carbocycles. The van der Waals surface area contributed by atoms with Gasteiger partial charge in [0.05, 0.1) is 24.0 Å². The van der Waals surface area contributed by atoms with E-state index in [0.29, 0.717) is 10.7 Å². The molecule has 0 spiro atoms. The van der Waals surface area contributed by atoms with E-state index < -0.39 is 22.0 Å². The lowest BCUT2D eigenvalue weighted by atomic mass is 10.4. The summed E-state index contributed by atoms with van der Waals surface area (Å²) in [5, 5.41) is 13.4. The summed E-state index contributed by atoms with van der Waals surface area (Å²) in [4.78, 5) is 15.2. The Bertz CT molecular complexity index is 752. The molecule has 0 bridgehead atoms. The molecule has 2 aromatic rings. The van der Waals surface area contributed by atoms with Crippen molar-refractivity contribution in [3.8, 4) is 0 Å². The van der Waals surface area contributed by atoms with Gasteiger partial charge in [0.25, 0.3) is 0 Å². The fourth-order valence-electron chi connectivity index (χ4n) is 1.83. The standard InChI is InChI=1S/C12H16N4O4S2/c1-8-10(12(17)18)21-11(14-8)9(2)15-22(19,20)7-6-16-5-3-4-13-16/h3-5,9,15H,6-7H2,1-2H3,(H,17,18). The van der Waals surface area contributed by atoms with Crippen molar-refractivity contribution in [1.82, 2.24) is 19.5 Å². The molecule has 0 fully saturated rings. The van der Waals surface area contributed by atoms with Gasteiger partial charge in [-0.15, -0.1) is 11.3 Å². The average Bonchev–Trinajstić information content (AvgIpc) is 3.04. The summed E-state index contributed by atoms with van der Waals surface area (Å²) in [6.45, 7) is 3.46. The third kappa shape index (κ3) is 4.12. The van der Waals surface area contributed by atoms with Crippen LogP contribution in [-0.4, -0.2) is 40.0 Å². The SMILES string of the molecule is Cc1nc(C(C)NS(=O)(=O)CCn2cccn2)sc1C(=O)O. The van der Waals surface area contributed by atoms with Crippen molar-refractivity contribution in [3.05, 3.63) is 34.0 Å². The number of aryl methyl sites for hydroxylation is 2. The molecule has 1 unspecified atom stereocenters. The number of hydrogen-bond acceptors (Lipinski definition) is 6. The second-order valence-corrected chi connectivity index (χ2v) is 7.60. The number of nitrogens with one attached hydrogen (secondary N) is 1. The zero-order valence-electron chi connectivity index (χ0n) is 12.1. The first-order chi connectivity index (χ1) is 10.3. The first-order valence-corrected chi connectivity index (χ1v) is 8.93. The number of sulfonamides is 1. The van der Waals surface area contributed by atoms with Crippen molar-refractivity contribution in [2.45, 2.75) is 26.4 Å². The Kier molecular flexibility index (Phi) is 4.94. The number of thiazole rings is 1. The molecule has 0 saturated heterocycles. The maximum Gasteiger partial charge on any atom is 0.347 e. The summed E-state index contributed by atoms with van der Waals surface area (Å²) in [5.41, 5.74) is 0.384. The molecular weight excluding hydrogens is 328 g/mol. The Labute approximate surface area is 131 Å². The molecule has 0 aliphatic rings. The second kappa shape index (κ2) is 6.55. The van der Waals surface area contributed by atoms with Crippen LogP contribution in [0.5, 0.6) is 0 Å². The van der Waals surface area contributed by atoms with Gasteiger partial charge < -0.3 is 5.11 Å². The molecule has 0 aromatic carbocycles. The van der Waals surface area contributed by atoms with Crippen molar-refractivity contribution >= 4 is 27.3 Å². The Balaban J connectivity index is 2.02. The van der Waals surface area contributed by atoms with E-state index in [-0.39, 0.29) is 17.2 Å². The van der Waals surface area contributed by atoms with Gasteiger partial charge in [-0.25, -0.2) is 22.9 Å². The van der Waals surface area contributed by atoms with Crippen LogP contribution in [0.4, 0.5) is 0 Å². The zero-order chi connectivity index (χ0) is 16.3. The van der Waals surface area contributed by atoms with E-state index in [1.54, 1.807) is 32.3 Å². The summed E-state index contributed by atoms with van der Waals surface area (Å²) in [7, 11) is -3.52. The number of hydrogen-bond donors (Lipinski definition) is 2. The van der Waals surface area contributed by atoms with Crippen LogP contribution in [0.3, 0.4) is 0 Å². The van der Waals surface area contributed by atoms with E-state index in [2.05, 4.69) is 14.8 Å². The lowest BCUT2D eigenvalue weighted by Gasteiger charge is -2.11. The summed E-state index contributed by atoms with van der Waals surface area (Å²) < 4.78 is 28.1. The highest BCUT2D eigenvalue weighted by Crippen LogP contribution is 2.24. The minimum absolute atomic E-state index is 0.116. The molecule has 10 heteroatoms. The fourth-order valence-corrected chi connectivity index (χ4v) is 4.00.